The highest BCUT2D eigenvalue weighted by Crippen LogP contribution is 2.36. The lowest BCUT2D eigenvalue weighted by Crippen LogP contribution is -2.17. The molecule has 1 fully saturated rings. The molecule has 1 aromatic heterocycles. The van der Waals surface area contributed by atoms with Crippen LogP contribution in [0.3, 0.4) is 0 Å². The number of hydrogen-bond acceptors (Lipinski definition) is 3. The standard InChI is InChI=1S/C11H18N2O/c1-3-12-8(2)11-13-7-10(14-11)9-5-4-6-9/h7-9,12H,3-6H2,1-2H3. The van der Waals surface area contributed by atoms with Gasteiger partial charge < -0.3 is 9.73 Å². The Bertz CT molecular complexity index is 291. The van der Waals surface area contributed by atoms with Crippen LogP contribution in [-0.2, 0) is 0 Å². The number of hydrogen-bond donors (Lipinski definition) is 1. The van der Waals surface area contributed by atoms with Crippen molar-refractivity contribution in [1.29, 1.82) is 0 Å². The lowest BCUT2D eigenvalue weighted by atomic mass is 9.84. The Morgan fingerprint density at radius 1 is 1.64 bits per heavy atom. The van der Waals surface area contributed by atoms with Gasteiger partial charge in [0.1, 0.15) is 5.76 Å². The lowest BCUT2D eigenvalue weighted by Gasteiger charge is -2.22. The first-order chi connectivity index (χ1) is 6.81. The summed E-state index contributed by atoms with van der Waals surface area (Å²) in [4.78, 5) is 4.31. The Kier molecular flexibility index (Phi) is 2.87. The minimum absolute atomic E-state index is 0.230. The zero-order valence-electron chi connectivity index (χ0n) is 8.92. The average Bonchev–Trinajstić information content (AvgIpc) is 2.50. The van der Waals surface area contributed by atoms with Crippen molar-refractivity contribution >= 4 is 0 Å². The second-order valence-corrected chi connectivity index (χ2v) is 4.01. The van der Waals surface area contributed by atoms with Crippen LogP contribution in [0.5, 0.6) is 0 Å². The van der Waals surface area contributed by atoms with E-state index in [0.29, 0.717) is 5.92 Å². The fraction of sp³-hybridized carbons (Fsp3) is 0.727. The van der Waals surface area contributed by atoms with Gasteiger partial charge in [-0.3, -0.25) is 0 Å². The van der Waals surface area contributed by atoms with Crippen molar-refractivity contribution in [2.45, 2.75) is 45.1 Å². The van der Waals surface area contributed by atoms with Crippen molar-refractivity contribution in [2.24, 2.45) is 0 Å². The van der Waals surface area contributed by atoms with Gasteiger partial charge in [-0.1, -0.05) is 13.3 Å². The van der Waals surface area contributed by atoms with Gasteiger partial charge >= 0.3 is 0 Å². The maximum atomic E-state index is 5.73. The summed E-state index contributed by atoms with van der Waals surface area (Å²) in [7, 11) is 0. The van der Waals surface area contributed by atoms with Crippen LogP contribution in [0.25, 0.3) is 0 Å². The molecule has 0 spiro atoms. The molecule has 0 radical (unpaired) electrons. The number of rotatable bonds is 4. The van der Waals surface area contributed by atoms with Gasteiger partial charge in [-0.2, -0.15) is 0 Å². The molecule has 1 N–H and O–H groups in total. The Hall–Kier alpha value is -0.830. The van der Waals surface area contributed by atoms with E-state index in [4.69, 9.17) is 4.42 Å². The predicted octanol–water partition coefficient (Wildman–Crippen LogP) is 2.61. The smallest absolute Gasteiger partial charge is 0.211 e. The first-order valence-electron chi connectivity index (χ1n) is 5.50. The summed E-state index contributed by atoms with van der Waals surface area (Å²) < 4.78 is 5.73. The van der Waals surface area contributed by atoms with Crippen LogP contribution in [0, 0.1) is 0 Å². The van der Waals surface area contributed by atoms with Gasteiger partial charge in [-0.05, 0) is 26.3 Å². The Labute approximate surface area is 84.9 Å². The van der Waals surface area contributed by atoms with Crippen LogP contribution in [0.15, 0.2) is 10.6 Å². The molecule has 0 bridgehead atoms. The molecule has 1 unspecified atom stereocenters. The van der Waals surface area contributed by atoms with Crippen molar-refractivity contribution in [3.05, 3.63) is 17.8 Å². The molecule has 1 aromatic rings. The molecular weight excluding hydrogens is 176 g/mol. The van der Waals surface area contributed by atoms with Gasteiger partial charge in [0.2, 0.25) is 5.89 Å². The lowest BCUT2D eigenvalue weighted by molar-refractivity contribution is 0.320. The normalized spacial score (nSPS) is 19.3. The van der Waals surface area contributed by atoms with Crippen LogP contribution in [0.4, 0.5) is 0 Å². The fourth-order valence-corrected chi connectivity index (χ4v) is 1.78. The molecule has 1 heterocycles. The quantitative estimate of drug-likeness (QED) is 0.800. The molecule has 0 amide bonds. The molecule has 2 rings (SSSR count). The van der Waals surface area contributed by atoms with Crippen LogP contribution in [-0.4, -0.2) is 11.5 Å². The van der Waals surface area contributed by atoms with Gasteiger partial charge in [0.25, 0.3) is 0 Å². The minimum Gasteiger partial charge on any atom is -0.444 e. The van der Waals surface area contributed by atoms with E-state index in [0.717, 1.165) is 18.2 Å². The monoisotopic (exact) mass is 194 g/mol. The number of nitrogens with one attached hydrogen (secondary N) is 1. The molecule has 0 saturated heterocycles. The third kappa shape index (κ3) is 1.82. The van der Waals surface area contributed by atoms with Gasteiger partial charge in [0, 0.05) is 5.92 Å². The van der Waals surface area contributed by atoms with Gasteiger partial charge in [-0.25, -0.2) is 4.98 Å². The molecule has 3 nitrogen and oxygen atoms in total. The summed E-state index contributed by atoms with van der Waals surface area (Å²) in [6, 6.07) is 0.230. The van der Waals surface area contributed by atoms with Crippen LogP contribution >= 0.6 is 0 Å². The zero-order chi connectivity index (χ0) is 9.97. The van der Waals surface area contributed by atoms with E-state index in [1.54, 1.807) is 0 Å². The van der Waals surface area contributed by atoms with E-state index in [1.165, 1.54) is 19.3 Å². The van der Waals surface area contributed by atoms with Crippen molar-refractivity contribution in [3.63, 3.8) is 0 Å². The molecule has 14 heavy (non-hydrogen) atoms. The third-order valence-electron chi connectivity index (χ3n) is 2.93. The fourth-order valence-electron chi connectivity index (χ4n) is 1.78. The van der Waals surface area contributed by atoms with E-state index >= 15 is 0 Å². The third-order valence-corrected chi connectivity index (χ3v) is 2.93. The molecule has 78 valence electrons. The summed E-state index contributed by atoms with van der Waals surface area (Å²) in [5.74, 6) is 2.55. The largest absolute Gasteiger partial charge is 0.444 e. The predicted molar refractivity (Wildman–Crippen MR) is 55.2 cm³/mol. The van der Waals surface area contributed by atoms with Crippen LogP contribution in [0.1, 0.15) is 56.7 Å². The second kappa shape index (κ2) is 4.13. The van der Waals surface area contributed by atoms with Gasteiger partial charge in [0.05, 0.1) is 12.2 Å². The highest BCUT2D eigenvalue weighted by molar-refractivity contribution is 5.06. The first kappa shape index (κ1) is 9.71. The van der Waals surface area contributed by atoms with E-state index < -0.39 is 0 Å². The van der Waals surface area contributed by atoms with E-state index in [1.807, 2.05) is 6.20 Å². The van der Waals surface area contributed by atoms with Crippen molar-refractivity contribution in [1.82, 2.24) is 10.3 Å². The minimum atomic E-state index is 0.230. The van der Waals surface area contributed by atoms with Crippen LogP contribution < -0.4 is 5.32 Å². The summed E-state index contributed by atoms with van der Waals surface area (Å²) >= 11 is 0. The Balaban J connectivity index is 2.01. The summed E-state index contributed by atoms with van der Waals surface area (Å²) in [6.07, 6.45) is 5.77. The summed E-state index contributed by atoms with van der Waals surface area (Å²) in [5, 5.41) is 3.29. The molecule has 0 aromatic carbocycles. The van der Waals surface area contributed by atoms with Gasteiger partial charge in [-0.15, -0.1) is 0 Å². The SMILES string of the molecule is CCNC(C)c1ncc(C2CCC2)o1. The number of nitrogens with zero attached hydrogens (tertiary/aromatic N) is 1. The molecule has 0 aliphatic heterocycles. The summed E-state index contributed by atoms with van der Waals surface area (Å²) in [5.41, 5.74) is 0. The molecule has 1 aliphatic carbocycles. The summed E-state index contributed by atoms with van der Waals surface area (Å²) in [6.45, 7) is 5.12. The molecule has 1 saturated carbocycles. The maximum Gasteiger partial charge on any atom is 0.211 e. The van der Waals surface area contributed by atoms with Crippen molar-refractivity contribution in [3.8, 4) is 0 Å². The first-order valence-corrected chi connectivity index (χ1v) is 5.50. The highest BCUT2D eigenvalue weighted by atomic mass is 16.4. The van der Waals surface area contributed by atoms with Gasteiger partial charge in [0.15, 0.2) is 0 Å². The average molecular weight is 194 g/mol. The van der Waals surface area contributed by atoms with Crippen molar-refractivity contribution < 1.29 is 4.42 Å². The van der Waals surface area contributed by atoms with Crippen LogP contribution in [0.2, 0.25) is 0 Å². The molecule has 1 atom stereocenters. The van der Waals surface area contributed by atoms with E-state index in [-0.39, 0.29) is 6.04 Å². The molecule has 1 aliphatic rings. The number of aromatic nitrogens is 1. The zero-order valence-corrected chi connectivity index (χ0v) is 8.92. The Morgan fingerprint density at radius 3 is 3.00 bits per heavy atom. The van der Waals surface area contributed by atoms with E-state index in [2.05, 4.69) is 24.1 Å². The Morgan fingerprint density at radius 2 is 2.43 bits per heavy atom. The molecular formula is C11H18N2O. The second-order valence-electron chi connectivity index (χ2n) is 4.01. The highest BCUT2D eigenvalue weighted by Gasteiger charge is 2.24. The molecule has 3 heteroatoms. The maximum absolute atomic E-state index is 5.73. The van der Waals surface area contributed by atoms with E-state index in [9.17, 15) is 0 Å². The van der Waals surface area contributed by atoms with Crippen molar-refractivity contribution in [2.75, 3.05) is 6.54 Å². The topological polar surface area (TPSA) is 38.1 Å². The number of oxazole rings is 1.